The van der Waals surface area contributed by atoms with Gasteiger partial charge in [-0.2, -0.15) is 0 Å². The second-order valence-electron chi connectivity index (χ2n) is 6.05. The van der Waals surface area contributed by atoms with Crippen molar-refractivity contribution < 1.29 is 10.2 Å². The SMILES string of the molecule is Cc1ccn2c(=O)cc(CN3CC[C@H](CO)[C@@H](O)C3)nc2c1. The first-order valence-electron chi connectivity index (χ1n) is 7.57. The van der Waals surface area contributed by atoms with Crippen molar-refractivity contribution in [3.8, 4) is 0 Å². The molecule has 6 heteroatoms. The summed E-state index contributed by atoms with van der Waals surface area (Å²) >= 11 is 0. The van der Waals surface area contributed by atoms with Gasteiger partial charge in [0.15, 0.2) is 0 Å². The van der Waals surface area contributed by atoms with Crippen molar-refractivity contribution in [2.24, 2.45) is 5.92 Å². The van der Waals surface area contributed by atoms with E-state index in [2.05, 4.69) is 9.88 Å². The fraction of sp³-hybridized carbons (Fsp3) is 0.500. The van der Waals surface area contributed by atoms with Crippen LogP contribution in [0, 0.1) is 12.8 Å². The van der Waals surface area contributed by atoms with Crippen LogP contribution in [0.4, 0.5) is 0 Å². The fourth-order valence-electron chi connectivity index (χ4n) is 2.97. The Morgan fingerprint density at radius 2 is 2.23 bits per heavy atom. The van der Waals surface area contributed by atoms with Gasteiger partial charge in [0.2, 0.25) is 0 Å². The van der Waals surface area contributed by atoms with E-state index < -0.39 is 6.10 Å². The number of pyridine rings is 1. The normalized spacial score (nSPS) is 23.0. The van der Waals surface area contributed by atoms with Crippen LogP contribution >= 0.6 is 0 Å². The number of hydrogen-bond acceptors (Lipinski definition) is 5. The Bertz CT molecular complexity index is 728. The predicted octanol–water partition coefficient (Wildman–Crippen LogP) is 0.178. The number of aromatic nitrogens is 2. The zero-order valence-electron chi connectivity index (χ0n) is 12.6. The lowest BCUT2D eigenvalue weighted by atomic mass is 9.95. The molecular formula is C16H21N3O3. The minimum absolute atomic E-state index is 0.0177. The molecule has 3 rings (SSSR count). The largest absolute Gasteiger partial charge is 0.396 e. The van der Waals surface area contributed by atoms with Gasteiger partial charge in [-0.1, -0.05) is 0 Å². The van der Waals surface area contributed by atoms with Gasteiger partial charge in [0.1, 0.15) is 5.65 Å². The van der Waals surface area contributed by atoms with Crippen molar-refractivity contribution in [3.63, 3.8) is 0 Å². The third kappa shape index (κ3) is 3.04. The number of piperidine rings is 1. The molecule has 2 aromatic heterocycles. The molecule has 3 heterocycles. The number of aliphatic hydroxyl groups excluding tert-OH is 2. The van der Waals surface area contributed by atoms with Crippen LogP contribution < -0.4 is 5.56 Å². The van der Waals surface area contributed by atoms with E-state index in [4.69, 9.17) is 0 Å². The van der Waals surface area contributed by atoms with Crippen LogP contribution in [0.1, 0.15) is 17.7 Å². The van der Waals surface area contributed by atoms with Crippen LogP contribution in [-0.4, -0.2) is 50.3 Å². The van der Waals surface area contributed by atoms with Gasteiger partial charge >= 0.3 is 0 Å². The Morgan fingerprint density at radius 1 is 1.41 bits per heavy atom. The molecule has 0 spiro atoms. The molecule has 0 amide bonds. The zero-order valence-corrected chi connectivity index (χ0v) is 12.6. The summed E-state index contributed by atoms with van der Waals surface area (Å²) in [6, 6.07) is 5.32. The summed E-state index contributed by atoms with van der Waals surface area (Å²) in [7, 11) is 0. The van der Waals surface area contributed by atoms with Crippen molar-refractivity contribution in [1.82, 2.24) is 14.3 Å². The van der Waals surface area contributed by atoms with E-state index >= 15 is 0 Å². The maximum absolute atomic E-state index is 12.1. The second kappa shape index (κ2) is 6.16. The Morgan fingerprint density at radius 3 is 2.95 bits per heavy atom. The lowest BCUT2D eigenvalue weighted by molar-refractivity contribution is -0.00478. The number of nitrogens with zero attached hydrogens (tertiary/aromatic N) is 3. The highest BCUT2D eigenvalue weighted by atomic mass is 16.3. The van der Waals surface area contributed by atoms with E-state index in [1.807, 2.05) is 19.1 Å². The Balaban J connectivity index is 1.81. The summed E-state index contributed by atoms with van der Waals surface area (Å²) in [6.07, 6.45) is 1.96. The van der Waals surface area contributed by atoms with Gasteiger partial charge in [0, 0.05) is 37.9 Å². The highest BCUT2D eigenvalue weighted by Gasteiger charge is 2.27. The maximum atomic E-state index is 12.1. The van der Waals surface area contributed by atoms with Gasteiger partial charge < -0.3 is 10.2 Å². The number of likely N-dealkylation sites (tertiary alicyclic amines) is 1. The first-order valence-corrected chi connectivity index (χ1v) is 7.57. The molecule has 0 bridgehead atoms. The second-order valence-corrected chi connectivity index (χ2v) is 6.05. The smallest absolute Gasteiger partial charge is 0.258 e. The first-order chi connectivity index (χ1) is 10.6. The standard InChI is InChI=1S/C16H21N3O3/c1-11-2-5-19-15(6-11)17-13(7-16(19)22)8-18-4-3-12(10-20)14(21)9-18/h2,5-7,12,14,20-21H,3-4,8-10H2,1H3/t12-,14+/m1/s1. The summed E-state index contributed by atoms with van der Waals surface area (Å²) in [5, 5.41) is 19.2. The molecule has 2 N–H and O–H groups in total. The summed E-state index contributed by atoms with van der Waals surface area (Å²) in [5.74, 6) is -0.0471. The van der Waals surface area contributed by atoms with Crippen LogP contribution in [0.15, 0.2) is 29.2 Å². The minimum Gasteiger partial charge on any atom is -0.396 e. The average Bonchev–Trinajstić information content (AvgIpc) is 2.47. The summed E-state index contributed by atoms with van der Waals surface area (Å²) in [6.45, 7) is 3.81. The van der Waals surface area contributed by atoms with Gasteiger partial charge in [-0.25, -0.2) is 4.98 Å². The van der Waals surface area contributed by atoms with E-state index in [-0.39, 0.29) is 18.1 Å². The Kier molecular flexibility index (Phi) is 4.24. The molecule has 22 heavy (non-hydrogen) atoms. The van der Waals surface area contributed by atoms with Crippen molar-refractivity contribution >= 4 is 5.65 Å². The molecule has 1 fully saturated rings. The monoisotopic (exact) mass is 303 g/mol. The topological polar surface area (TPSA) is 78.1 Å². The van der Waals surface area contributed by atoms with Crippen molar-refractivity contribution in [1.29, 1.82) is 0 Å². The van der Waals surface area contributed by atoms with Crippen LogP contribution in [0.5, 0.6) is 0 Å². The number of aryl methyl sites for hydroxylation is 1. The van der Waals surface area contributed by atoms with Crippen LogP contribution in [-0.2, 0) is 6.54 Å². The lowest BCUT2D eigenvalue weighted by Gasteiger charge is -2.34. The van der Waals surface area contributed by atoms with Crippen LogP contribution in [0.25, 0.3) is 5.65 Å². The molecule has 6 nitrogen and oxygen atoms in total. The fourth-order valence-corrected chi connectivity index (χ4v) is 2.97. The van der Waals surface area contributed by atoms with E-state index in [1.165, 1.54) is 4.40 Å². The number of rotatable bonds is 3. The molecule has 1 aliphatic rings. The van der Waals surface area contributed by atoms with Gasteiger partial charge in [-0.3, -0.25) is 14.1 Å². The van der Waals surface area contributed by atoms with Gasteiger partial charge in [0.05, 0.1) is 11.8 Å². The number of aliphatic hydroxyl groups is 2. The van der Waals surface area contributed by atoms with Crippen LogP contribution in [0.3, 0.4) is 0 Å². The molecular weight excluding hydrogens is 282 g/mol. The molecule has 0 unspecified atom stereocenters. The molecule has 2 atom stereocenters. The van der Waals surface area contributed by atoms with Crippen molar-refractivity contribution in [3.05, 3.63) is 46.0 Å². The minimum atomic E-state index is -0.525. The molecule has 118 valence electrons. The maximum Gasteiger partial charge on any atom is 0.258 e. The highest BCUT2D eigenvalue weighted by Crippen LogP contribution is 2.18. The molecule has 2 aromatic rings. The van der Waals surface area contributed by atoms with E-state index in [0.717, 1.165) is 18.5 Å². The summed E-state index contributed by atoms with van der Waals surface area (Å²) < 4.78 is 1.53. The number of β-amino-alcohol motifs (C(OH)–C–C–N with tert-alkyl or cyclic N) is 1. The van der Waals surface area contributed by atoms with E-state index in [9.17, 15) is 15.0 Å². The number of hydrogen-bond donors (Lipinski definition) is 2. The Labute approximate surface area is 128 Å². The number of fused-ring (bicyclic) bond motifs is 1. The molecule has 1 aliphatic heterocycles. The molecule has 0 saturated carbocycles. The molecule has 0 aromatic carbocycles. The summed E-state index contributed by atoms with van der Waals surface area (Å²) in [4.78, 5) is 18.8. The third-order valence-electron chi connectivity index (χ3n) is 4.30. The highest BCUT2D eigenvalue weighted by molar-refractivity contribution is 5.41. The third-order valence-corrected chi connectivity index (χ3v) is 4.30. The quantitative estimate of drug-likeness (QED) is 0.845. The van der Waals surface area contributed by atoms with E-state index in [1.54, 1.807) is 12.3 Å². The van der Waals surface area contributed by atoms with Gasteiger partial charge in [-0.15, -0.1) is 0 Å². The van der Waals surface area contributed by atoms with Crippen molar-refractivity contribution in [2.45, 2.75) is 26.0 Å². The van der Waals surface area contributed by atoms with Crippen LogP contribution in [0.2, 0.25) is 0 Å². The molecule has 1 saturated heterocycles. The average molecular weight is 303 g/mol. The first kappa shape index (κ1) is 15.1. The molecule has 0 aliphatic carbocycles. The van der Waals surface area contributed by atoms with Gasteiger partial charge in [-0.05, 0) is 37.6 Å². The van der Waals surface area contributed by atoms with E-state index in [0.29, 0.717) is 24.4 Å². The molecule has 0 radical (unpaired) electrons. The predicted molar refractivity (Wildman–Crippen MR) is 82.7 cm³/mol. The van der Waals surface area contributed by atoms with Crippen molar-refractivity contribution in [2.75, 3.05) is 19.7 Å². The lowest BCUT2D eigenvalue weighted by Crippen LogP contribution is -2.44. The zero-order chi connectivity index (χ0) is 15.7. The van der Waals surface area contributed by atoms with Gasteiger partial charge in [0.25, 0.3) is 5.56 Å². The Hall–Kier alpha value is -1.76. The summed E-state index contributed by atoms with van der Waals surface area (Å²) in [5.41, 5.74) is 2.33.